The van der Waals surface area contributed by atoms with E-state index in [0.29, 0.717) is 42.4 Å². The van der Waals surface area contributed by atoms with E-state index in [1.165, 1.54) is 0 Å². The third-order valence-electron chi connectivity index (χ3n) is 6.52. The van der Waals surface area contributed by atoms with Crippen LogP contribution in [0.3, 0.4) is 0 Å². The zero-order valence-corrected chi connectivity index (χ0v) is 21.1. The second kappa shape index (κ2) is 12.0. The molecular formula is C25H46N4O2. The van der Waals surface area contributed by atoms with Gasteiger partial charge in [-0.2, -0.15) is 0 Å². The molecule has 3 atom stereocenters. The van der Waals surface area contributed by atoms with Crippen LogP contribution >= 0.6 is 0 Å². The first kappa shape index (κ1) is 25.9. The molecule has 1 heterocycles. The first-order valence-corrected chi connectivity index (χ1v) is 12.2. The molecule has 0 spiro atoms. The number of nitrogens with zero attached hydrogens (tertiary/aromatic N) is 4. The highest BCUT2D eigenvalue weighted by atomic mass is 16.2. The molecule has 2 rings (SSSR count). The lowest BCUT2D eigenvalue weighted by Gasteiger charge is -2.47. The minimum atomic E-state index is 0.283. The van der Waals surface area contributed by atoms with Crippen molar-refractivity contribution in [1.29, 1.82) is 0 Å². The lowest BCUT2D eigenvalue weighted by atomic mass is 9.72. The summed E-state index contributed by atoms with van der Waals surface area (Å²) in [5, 5.41) is 0. The van der Waals surface area contributed by atoms with Crippen LogP contribution in [0.25, 0.3) is 0 Å². The molecule has 178 valence electrons. The molecule has 0 N–H and O–H groups in total. The highest BCUT2D eigenvalue weighted by Gasteiger charge is 2.41. The molecule has 2 fully saturated rings. The normalized spacial score (nSPS) is 25.9. The SMILES string of the molecule is CCCN1C[C@@H](CC(=O)N(CCN(C)C)CC(C)C)C[C@@H]2CC(=O)C(=CN(C)C)C[C@H]21. The van der Waals surface area contributed by atoms with Gasteiger partial charge in [0.05, 0.1) is 0 Å². The van der Waals surface area contributed by atoms with Crippen molar-refractivity contribution in [3.8, 4) is 0 Å². The van der Waals surface area contributed by atoms with Gasteiger partial charge in [-0.15, -0.1) is 0 Å². The fraction of sp³-hybridized carbons (Fsp3) is 0.840. The Balaban J connectivity index is 2.08. The predicted octanol–water partition coefficient (Wildman–Crippen LogP) is 2.95. The van der Waals surface area contributed by atoms with Crippen LogP contribution in [0.15, 0.2) is 11.8 Å². The topological polar surface area (TPSA) is 47.1 Å². The number of likely N-dealkylation sites (tertiary alicyclic amines) is 1. The van der Waals surface area contributed by atoms with Gasteiger partial charge in [0.1, 0.15) is 0 Å². The van der Waals surface area contributed by atoms with Crippen LogP contribution in [0, 0.1) is 17.8 Å². The summed E-state index contributed by atoms with van der Waals surface area (Å²) in [5.41, 5.74) is 0.966. The molecule has 1 saturated carbocycles. The maximum absolute atomic E-state index is 13.2. The first-order chi connectivity index (χ1) is 14.6. The van der Waals surface area contributed by atoms with Crippen molar-refractivity contribution in [1.82, 2.24) is 19.6 Å². The van der Waals surface area contributed by atoms with Crippen molar-refractivity contribution in [2.45, 2.75) is 58.9 Å². The van der Waals surface area contributed by atoms with E-state index in [1.807, 2.05) is 25.2 Å². The molecule has 0 radical (unpaired) electrons. The number of carbonyl (C=O) groups is 2. The number of piperidine rings is 1. The molecule has 6 heteroatoms. The molecular weight excluding hydrogens is 388 g/mol. The van der Waals surface area contributed by atoms with Crippen molar-refractivity contribution >= 4 is 11.7 Å². The summed E-state index contributed by atoms with van der Waals surface area (Å²) in [7, 11) is 8.08. The van der Waals surface area contributed by atoms with E-state index < -0.39 is 0 Å². The van der Waals surface area contributed by atoms with Crippen LogP contribution in [0.4, 0.5) is 0 Å². The summed E-state index contributed by atoms with van der Waals surface area (Å²) in [6.45, 7) is 11.1. The van der Waals surface area contributed by atoms with Crippen LogP contribution in [-0.2, 0) is 9.59 Å². The van der Waals surface area contributed by atoms with Crippen molar-refractivity contribution < 1.29 is 9.59 Å². The summed E-state index contributed by atoms with van der Waals surface area (Å²) in [6, 6.07) is 0.440. The van der Waals surface area contributed by atoms with Gasteiger partial charge in [-0.25, -0.2) is 0 Å². The highest BCUT2D eigenvalue weighted by Crippen LogP contribution is 2.39. The minimum Gasteiger partial charge on any atom is -0.383 e. The average molecular weight is 435 g/mol. The van der Waals surface area contributed by atoms with Crippen LogP contribution in [0.2, 0.25) is 0 Å². The van der Waals surface area contributed by atoms with Gasteiger partial charge in [0.15, 0.2) is 5.78 Å². The summed E-state index contributed by atoms with van der Waals surface area (Å²) in [4.78, 5) is 34.8. The molecule has 1 aliphatic carbocycles. The molecule has 2 aliphatic rings. The van der Waals surface area contributed by atoms with Gasteiger partial charge in [0.25, 0.3) is 0 Å². The summed E-state index contributed by atoms with van der Waals surface area (Å²) in [5.74, 6) is 1.78. The average Bonchev–Trinajstić information content (AvgIpc) is 2.65. The number of carbonyl (C=O) groups excluding carboxylic acids is 2. The summed E-state index contributed by atoms with van der Waals surface area (Å²) >= 11 is 0. The Labute approximate surface area is 190 Å². The third kappa shape index (κ3) is 7.90. The zero-order valence-electron chi connectivity index (χ0n) is 21.1. The first-order valence-electron chi connectivity index (χ1n) is 12.2. The number of hydrogen-bond acceptors (Lipinski definition) is 5. The number of amides is 1. The van der Waals surface area contributed by atoms with Crippen molar-refractivity contribution in [3.63, 3.8) is 0 Å². The Morgan fingerprint density at radius 1 is 1.16 bits per heavy atom. The van der Waals surface area contributed by atoms with Crippen LogP contribution in [0.1, 0.15) is 52.9 Å². The largest absolute Gasteiger partial charge is 0.383 e. The van der Waals surface area contributed by atoms with Gasteiger partial charge < -0.3 is 14.7 Å². The Morgan fingerprint density at radius 2 is 1.87 bits per heavy atom. The number of likely N-dealkylation sites (N-methyl/N-ethyl adjacent to an activating group) is 1. The molecule has 6 nitrogen and oxygen atoms in total. The Bertz CT molecular complexity index is 629. The summed E-state index contributed by atoms with van der Waals surface area (Å²) < 4.78 is 0. The molecule has 0 aromatic carbocycles. The van der Waals surface area contributed by atoms with Gasteiger partial charge in [0, 0.05) is 70.9 Å². The van der Waals surface area contributed by atoms with E-state index >= 15 is 0 Å². The Hall–Kier alpha value is -1.40. The highest BCUT2D eigenvalue weighted by molar-refractivity contribution is 5.96. The molecule has 0 aromatic heterocycles. The van der Waals surface area contributed by atoms with E-state index in [9.17, 15) is 9.59 Å². The molecule has 1 saturated heterocycles. The van der Waals surface area contributed by atoms with Crippen molar-refractivity contribution in [3.05, 3.63) is 11.8 Å². The maximum atomic E-state index is 13.2. The minimum absolute atomic E-state index is 0.283. The molecule has 0 aromatic rings. The van der Waals surface area contributed by atoms with E-state index in [4.69, 9.17) is 0 Å². The second-order valence-electron chi connectivity index (χ2n) is 10.6. The molecule has 31 heavy (non-hydrogen) atoms. The molecule has 0 unspecified atom stereocenters. The van der Waals surface area contributed by atoms with Gasteiger partial charge in [-0.05, 0) is 57.7 Å². The Morgan fingerprint density at radius 3 is 2.45 bits per heavy atom. The van der Waals surface area contributed by atoms with Gasteiger partial charge >= 0.3 is 0 Å². The van der Waals surface area contributed by atoms with Gasteiger partial charge in [-0.1, -0.05) is 20.8 Å². The predicted molar refractivity (Wildman–Crippen MR) is 128 cm³/mol. The standard InChI is InChI=1S/C25H46N4O2/c1-8-9-28-17-20(13-25(31)29(16-19(2)3)11-10-26(4)5)12-21-15-24(30)22(14-23(21)28)18-27(6)7/h18-21,23H,8-17H2,1-7H3/t20-,21-,23-/m1/s1. The van der Waals surface area contributed by atoms with E-state index in [0.717, 1.165) is 57.6 Å². The summed E-state index contributed by atoms with van der Waals surface area (Å²) in [6.07, 6.45) is 6.20. The Kier molecular flexibility index (Phi) is 10.0. The maximum Gasteiger partial charge on any atom is 0.222 e. The van der Waals surface area contributed by atoms with Crippen molar-refractivity contribution in [2.75, 3.05) is 60.9 Å². The van der Waals surface area contributed by atoms with Crippen LogP contribution in [-0.4, -0.2) is 98.2 Å². The number of rotatable bonds is 10. The fourth-order valence-corrected chi connectivity index (χ4v) is 5.23. The molecule has 1 aliphatic heterocycles. The fourth-order valence-electron chi connectivity index (χ4n) is 5.23. The lowest BCUT2D eigenvalue weighted by Crippen LogP contribution is -2.52. The third-order valence-corrected chi connectivity index (χ3v) is 6.52. The quantitative estimate of drug-likeness (QED) is 0.495. The van der Waals surface area contributed by atoms with Crippen LogP contribution < -0.4 is 0 Å². The van der Waals surface area contributed by atoms with E-state index in [2.05, 4.69) is 49.6 Å². The monoisotopic (exact) mass is 434 g/mol. The number of fused-ring (bicyclic) bond motifs is 1. The van der Waals surface area contributed by atoms with E-state index in [-0.39, 0.29) is 5.91 Å². The van der Waals surface area contributed by atoms with Crippen LogP contribution in [0.5, 0.6) is 0 Å². The second-order valence-corrected chi connectivity index (χ2v) is 10.6. The van der Waals surface area contributed by atoms with Gasteiger partial charge in [0.2, 0.25) is 5.91 Å². The van der Waals surface area contributed by atoms with Crippen molar-refractivity contribution in [2.24, 2.45) is 17.8 Å². The number of Topliss-reactive ketones (excluding diaryl/α,β-unsaturated/α-hetero) is 1. The molecule has 0 bridgehead atoms. The smallest absolute Gasteiger partial charge is 0.222 e. The van der Waals surface area contributed by atoms with E-state index in [1.54, 1.807) is 0 Å². The van der Waals surface area contributed by atoms with Gasteiger partial charge in [-0.3, -0.25) is 14.5 Å². The number of hydrogen-bond donors (Lipinski definition) is 0. The lowest BCUT2D eigenvalue weighted by molar-refractivity contribution is -0.134. The number of ketones is 1. The molecule has 1 amide bonds. The zero-order chi connectivity index (χ0) is 23.1.